The van der Waals surface area contributed by atoms with Crippen molar-refractivity contribution in [3.8, 4) is 0 Å². The van der Waals surface area contributed by atoms with Gasteiger partial charge < -0.3 is 0 Å². The molecular formula is C6H15NOS. The molecule has 3 heteroatoms. The summed E-state index contributed by atoms with van der Waals surface area (Å²) in [7, 11) is -2.25. The van der Waals surface area contributed by atoms with Crippen LogP contribution in [0.15, 0.2) is 0 Å². The van der Waals surface area contributed by atoms with E-state index in [0.717, 1.165) is 6.42 Å². The molecule has 0 radical (unpaired) electrons. The van der Waals surface area contributed by atoms with Crippen LogP contribution in [0, 0.1) is 4.78 Å². The van der Waals surface area contributed by atoms with Crippen LogP contribution in [0.3, 0.4) is 0 Å². The van der Waals surface area contributed by atoms with E-state index >= 15 is 0 Å². The van der Waals surface area contributed by atoms with Crippen LogP contribution >= 0.6 is 0 Å². The second kappa shape index (κ2) is 3.20. The van der Waals surface area contributed by atoms with Gasteiger partial charge in [0.15, 0.2) is 0 Å². The molecular weight excluding hydrogens is 134 g/mol. The highest BCUT2D eigenvalue weighted by molar-refractivity contribution is 7.92. The minimum atomic E-state index is -2.25. The van der Waals surface area contributed by atoms with Crippen molar-refractivity contribution in [2.24, 2.45) is 0 Å². The largest absolute Gasteiger partial charge is 0.253 e. The van der Waals surface area contributed by atoms with Gasteiger partial charge >= 0.3 is 0 Å². The van der Waals surface area contributed by atoms with Crippen molar-refractivity contribution >= 4 is 9.73 Å². The lowest BCUT2D eigenvalue weighted by atomic mass is 10.4. The van der Waals surface area contributed by atoms with Crippen LogP contribution in [0.25, 0.3) is 0 Å². The Morgan fingerprint density at radius 2 is 2.00 bits per heavy atom. The molecule has 1 N–H and O–H groups in total. The van der Waals surface area contributed by atoms with Gasteiger partial charge in [-0.2, -0.15) is 0 Å². The predicted octanol–water partition coefficient (Wildman–Crippen LogP) is 1.85. The molecule has 56 valence electrons. The fourth-order valence-electron chi connectivity index (χ4n) is 0.554. The Morgan fingerprint density at radius 3 is 2.11 bits per heavy atom. The van der Waals surface area contributed by atoms with Crippen molar-refractivity contribution in [2.45, 2.75) is 32.4 Å². The molecule has 0 heterocycles. The third kappa shape index (κ3) is 2.35. The zero-order chi connectivity index (χ0) is 7.49. The summed E-state index contributed by atoms with van der Waals surface area (Å²) in [5, 5.41) is 0.0579. The van der Waals surface area contributed by atoms with E-state index in [1.807, 2.05) is 20.8 Å². The number of nitrogens with one attached hydrogen (secondary N) is 1. The molecule has 0 rings (SSSR count). The van der Waals surface area contributed by atoms with E-state index < -0.39 is 9.73 Å². The average molecular weight is 149 g/mol. The Morgan fingerprint density at radius 1 is 1.56 bits per heavy atom. The first-order valence-electron chi connectivity index (χ1n) is 3.29. The van der Waals surface area contributed by atoms with Gasteiger partial charge in [-0.15, -0.1) is 0 Å². The monoisotopic (exact) mass is 149 g/mol. The summed E-state index contributed by atoms with van der Waals surface area (Å²) in [4.78, 5) is 0. The Kier molecular flexibility index (Phi) is 3.18. The van der Waals surface area contributed by atoms with Crippen molar-refractivity contribution in [2.75, 3.05) is 5.75 Å². The highest BCUT2D eigenvalue weighted by atomic mass is 32.2. The van der Waals surface area contributed by atoms with Crippen molar-refractivity contribution in [3.63, 3.8) is 0 Å². The molecule has 0 fully saturated rings. The third-order valence-electron chi connectivity index (χ3n) is 1.65. The summed E-state index contributed by atoms with van der Waals surface area (Å²) in [6.45, 7) is 5.65. The first-order valence-corrected chi connectivity index (χ1v) is 5.09. The molecule has 0 aliphatic rings. The van der Waals surface area contributed by atoms with Crippen molar-refractivity contribution in [3.05, 3.63) is 0 Å². The number of hydrogen-bond donors (Lipinski definition) is 1. The molecule has 9 heavy (non-hydrogen) atoms. The highest BCUT2D eigenvalue weighted by Crippen LogP contribution is 2.05. The van der Waals surface area contributed by atoms with Crippen LogP contribution in [-0.4, -0.2) is 15.2 Å². The minimum absolute atomic E-state index is 0.0579. The second-order valence-electron chi connectivity index (χ2n) is 2.23. The molecule has 0 unspecified atom stereocenters. The summed E-state index contributed by atoms with van der Waals surface area (Å²) >= 11 is 0. The lowest BCUT2D eigenvalue weighted by Crippen LogP contribution is -2.16. The summed E-state index contributed by atoms with van der Waals surface area (Å²) in [5.41, 5.74) is 0. The van der Waals surface area contributed by atoms with E-state index in [1.54, 1.807) is 0 Å². The maximum Gasteiger partial charge on any atom is 0.0465 e. The van der Waals surface area contributed by atoms with Gasteiger partial charge in [-0.05, 0) is 13.3 Å². The minimum Gasteiger partial charge on any atom is -0.253 e. The number of rotatable bonds is 3. The smallest absolute Gasteiger partial charge is 0.0465 e. The number of hydrogen-bond acceptors (Lipinski definition) is 2. The normalized spacial score (nSPS) is 20.8. The molecule has 0 aromatic heterocycles. The molecule has 0 aromatic carbocycles. The second-order valence-corrected chi connectivity index (χ2v) is 5.07. The van der Waals surface area contributed by atoms with Crippen LogP contribution < -0.4 is 0 Å². The summed E-state index contributed by atoms with van der Waals surface area (Å²) < 4.78 is 18.5. The molecule has 0 saturated carbocycles. The van der Waals surface area contributed by atoms with Gasteiger partial charge in [0, 0.05) is 20.7 Å². The maximum atomic E-state index is 11.2. The van der Waals surface area contributed by atoms with Gasteiger partial charge in [0.2, 0.25) is 0 Å². The van der Waals surface area contributed by atoms with Gasteiger partial charge in [0.1, 0.15) is 0 Å². The third-order valence-corrected chi connectivity index (χ3v) is 4.14. The zero-order valence-electron chi connectivity index (χ0n) is 6.31. The van der Waals surface area contributed by atoms with Crippen LogP contribution in [0.2, 0.25) is 0 Å². The molecule has 0 spiro atoms. The van der Waals surface area contributed by atoms with Crippen LogP contribution in [-0.2, 0) is 9.73 Å². The van der Waals surface area contributed by atoms with Gasteiger partial charge in [-0.1, -0.05) is 13.8 Å². The predicted molar refractivity (Wildman–Crippen MR) is 41.2 cm³/mol. The molecule has 0 amide bonds. The Hall–Kier alpha value is -0.0500. The van der Waals surface area contributed by atoms with E-state index in [2.05, 4.69) is 0 Å². The summed E-state index contributed by atoms with van der Waals surface area (Å²) in [6.07, 6.45) is 0.843. The van der Waals surface area contributed by atoms with Gasteiger partial charge in [0.25, 0.3) is 0 Å². The standard InChI is InChI=1S/C6H15NOS/c1-4-6(3)9(7,8)5-2/h6-7H,4-5H2,1-3H3/t6-,9-/m0/s1. The molecule has 0 saturated heterocycles. The first-order chi connectivity index (χ1) is 4.04. The Balaban J connectivity index is 4.17. The molecule has 0 bridgehead atoms. The lowest BCUT2D eigenvalue weighted by molar-refractivity contribution is 0.661. The summed E-state index contributed by atoms with van der Waals surface area (Å²) in [6, 6.07) is 0. The van der Waals surface area contributed by atoms with Crippen molar-refractivity contribution < 1.29 is 4.21 Å². The molecule has 2 nitrogen and oxygen atoms in total. The van der Waals surface area contributed by atoms with E-state index in [9.17, 15) is 4.21 Å². The summed E-state index contributed by atoms with van der Waals surface area (Å²) in [5.74, 6) is 0.488. The average Bonchev–Trinajstić information content (AvgIpc) is 1.86. The van der Waals surface area contributed by atoms with Gasteiger partial charge in [-0.25, -0.2) is 4.21 Å². The van der Waals surface area contributed by atoms with E-state index in [1.165, 1.54) is 0 Å². The molecule has 2 atom stereocenters. The molecule has 0 aliphatic heterocycles. The van der Waals surface area contributed by atoms with Gasteiger partial charge in [0.05, 0.1) is 0 Å². The van der Waals surface area contributed by atoms with E-state index in [-0.39, 0.29) is 5.25 Å². The zero-order valence-corrected chi connectivity index (χ0v) is 7.12. The van der Waals surface area contributed by atoms with Crippen molar-refractivity contribution in [1.29, 1.82) is 4.78 Å². The highest BCUT2D eigenvalue weighted by Gasteiger charge is 2.10. The topological polar surface area (TPSA) is 40.9 Å². The Bertz CT molecular complexity index is 160. The molecule has 0 aromatic rings. The van der Waals surface area contributed by atoms with Crippen LogP contribution in [0.5, 0.6) is 0 Å². The van der Waals surface area contributed by atoms with E-state index in [0.29, 0.717) is 5.75 Å². The van der Waals surface area contributed by atoms with Crippen molar-refractivity contribution in [1.82, 2.24) is 0 Å². The Labute approximate surface area is 57.6 Å². The fourth-order valence-corrected chi connectivity index (χ4v) is 1.66. The van der Waals surface area contributed by atoms with Crippen LogP contribution in [0.4, 0.5) is 0 Å². The molecule has 0 aliphatic carbocycles. The van der Waals surface area contributed by atoms with Gasteiger partial charge in [-0.3, -0.25) is 4.78 Å². The fraction of sp³-hybridized carbons (Fsp3) is 1.00. The van der Waals surface area contributed by atoms with E-state index in [4.69, 9.17) is 4.78 Å². The SMILES string of the molecule is CC[C@H](C)[S@@](=N)(=O)CC. The first kappa shape index (κ1) is 8.95. The maximum absolute atomic E-state index is 11.2. The van der Waals surface area contributed by atoms with Crippen LogP contribution in [0.1, 0.15) is 27.2 Å². The quantitative estimate of drug-likeness (QED) is 0.653. The lowest BCUT2D eigenvalue weighted by Gasteiger charge is -2.10.